The Labute approximate surface area is 219 Å². The maximum absolute atomic E-state index is 13.1. The van der Waals surface area contributed by atoms with Gasteiger partial charge in [0.2, 0.25) is 5.89 Å². The average Bonchev–Trinajstić information content (AvgIpc) is 3.29. The number of oxazole rings is 1. The second-order valence-corrected chi connectivity index (χ2v) is 9.19. The van der Waals surface area contributed by atoms with Crippen LogP contribution in [-0.4, -0.2) is 23.1 Å². The predicted molar refractivity (Wildman–Crippen MR) is 146 cm³/mol. The minimum Gasteiger partial charge on any atom is -0.495 e. The van der Waals surface area contributed by atoms with Crippen LogP contribution in [0.4, 0.5) is 5.69 Å². The van der Waals surface area contributed by atoms with Crippen molar-refractivity contribution in [3.8, 4) is 17.2 Å². The van der Waals surface area contributed by atoms with Gasteiger partial charge in [0, 0.05) is 5.56 Å². The van der Waals surface area contributed by atoms with E-state index in [1.807, 2.05) is 48.5 Å². The van der Waals surface area contributed by atoms with E-state index < -0.39 is 5.91 Å². The third kappa shape index (κ3) is 4.60. The van der Waals surface area contributed by atoms with Crippen molar-refractivity contribution in [3.63, 3.8) is 0 Å². The number of nitrogens with one attached hydrogen (secondary N) is 2. The first kappa shape index (κ1) is 23.3. The number of halogens is 2. The maximum Gasteiger partial charge on any atom is 0.261 e. The molecule has 0 fully saturated rings. The van der Waals surface area contributed by atoms with E-state index in [0.29, 0.717) is 43.5 Å². The van der Waals surface area contributed by atoms with Gasteiger partial charge in [-0.3, -0.25) is 10.1 Å². The minimum absolute atomic E-state index is 0.0814. The third-order valence-corrected chi connectivity index (χ3v) is 6.69. The van der Waals surface area contributed by atoms with Crippen molar-refractivity contribution in [2.75, 3.05) is 12.4 Å². The summed E-state index contributed by atoms with van der Waals surface area (Å²) in [6, 6.07) is 22.2. The molecule has 2 N–H and O–H groups in total. The van der Waals surface area contributed by atoms with Crippen LogP contribution in [0.3, 0.4) is 0 Å². The van der Waals surface area contributed by atoms with Crippen LogP contribution < -0.4 is 15.4 Å². The smallest absolute Gasteiger partial charge is 0.261 e. The molecular formula is C26H17BrClN3O3S. The molecule has 9 heteroatoms. The number of carbonyl (C=O) groups excluding carboxylic acids is 1. The summed E-state index contributed by atoms with van der Waals surface area (Å²) < 4.78 is 12.0. The van der Waals surface area contributed by atoms with Gasteiger partial charge in [-0.1, -0.05) is 48.0 Å². The van der Waals surface area contributed by atoms with Gasteiger partial charge < -0.3 is 14.5 Å². The molecule has 1 heterocycles. The summed E-state index contributed by atoms with van der Waals surface area (Å²) in [6.45, 7) is 0. The lowest BCUT2D eigenvalue weighted by atomic mass is 10.1. The zero-order valence-electron chi connectivity index (χ0n) is 18.3. The molecule has 0 bridgehead atoms. The van der Waals surface area contributed by atoms with Crippen LogP contribution in [-0.2, 0) is 0 Å². The lowest BCUT2D eigenvalue weighted by molar-refractivity contribution is 0.0975. The maximum atomic E-state index is 13.1. The highest BCUT2D eigenvalue weighted by molar-refractivity contribution is 9.10. The number of ether oxygens (including phenoxy) is 1. The van der Waals surface area contributed by atoms with Crippen LogP contribution in [0.15, 0.2) is 81.7 Å². The summed E-state index contributed by atoms with van der Waals surface area (Å²) >= 11 is 15.3. The molecular weight excluding hydrogens is 550 g/mol. The molecule has 6 nitrogen and oxygen atoms in total. The quantitative estimate of drug-likeness (QED) is 0.224. The SMILES string of the molecule is COc1c(C(=O)NC(=S)Nc2cc(-c3nc4ccccc4o3)ccc2Cl)cc2ccccc2c1Br. The number of carbonyl (C=O) groups is 1. The fraction of sp³-hybridized carbons (Fsp3) is 0.0385. The van der Waals surface area contributed by atoms with E-state index >= 15 is 0 Å². The summed E-state index contributed by atoms with van der Waals surface area (Å²) in [5.74, 6) is 0.448. The van der Waals surface area contributed by atoms with Gasteiger partial charge in [0.25, 0.3) is 5.91 Å². The van der Waals surface area contributed by atoms with Gasteiger partial charge in [-0.25, -0.2) is 4.98 Å². The van der Waals surface area contributed by atoms with Gasteiger partial charge in [-0.05, 0) is 75.3 Å². The Bertz CT molecular complexity index is 1590. The van der Waals surface area contributed by atoms with E-state index in [1.54, 1.807) is 24.3 Å². The summed E-state index contributed by atoms with van der Waals surface area (Å²) in [7, 11) is 1.51. The lowest BCUT2D eigenvalue weighted by Crippen LogP contribution is -2.34. The van der Waals surface area contributed by atoms with Crippen molar-refractivity contribution in [2.24, 2.45) is 0 Å². The van der Waals surface area contributed by atoms with Crippen LogP contribution in [0.1, 0.15) is 10.4 Å². The average molecular weight is 567 g/mol. The molecule has 4 aromatic carbocycles. The van der Waals surface area contributed by atoms with Gasteiger partial charge in [-0.2, -0.15) is 0 Å². The Morgan fingerprint density at radius 1 is 1.09 bits per heavy atom. The highest BCUT2D eigenvalue weighted by Gasteiger charge is 2.19. The minimum atomic E-state index is -0.419. The van der Waals surface area contributed by atoms with E-state index in [0.717, 1.165) is 16.3 Å². The molecule has 5 aromatic rings. The molecule has 0 aliphatic rings. The number of aromatic nitrogens is 1. The largest absolute Gasteiger partial charge is 0.495 e. The number of rotatable bonds is 4. The molecule has 174 valence electrons. The van der Waals surface area contributed by atoms with Gasteiger partial charge >= 0.3 is 0 Å². The summed E-state index contributed by atoms with van der Waals surface area (Å²) in [5.41, 5.74) is 3.00. The van der Waals surface area contributed by atoms with Crippen molar-refractivity contribution >= 4 is 78.3 Å². The Kier molecular flexibility index (Phi) is 6.42. The number of nitrogens with zero attached hydrogens (tertiary/aromatic N) is 1. The van der Waals surface area contributed by atoms with E-state index in [4.69, 9.17) is 33.0 Å². The zero-order chi connectivity index (χ0) is 24.5. The molecule has 0 saturated heterocycles. The van der Waals surface area contributed by atoms with Gasteiger partial charge in [-0.15, -0.1) is 0 Å². The number of para-hydroxylation sites is 2. The number of benzene rings is 4. The first-order chi connectivity index (χ1) is 16.9. The van der Waals surface area contributed by atoms with Crippen molar-refractivity contribution in [1.29, 1.82) is 0 Å². The van der Waals surface area contributed by atoms with Crippen LogP contribution in [0.25, 0.3) is 33.3 Å². The molecule has 1 aromatic heterocycles. The number of hydrogen-bond donors (Lipinski definition) is 2. The molecule has 1 amide bonds. The van der Waals surface area contributed by atoms with E-state index in [1.165, 1.54) is 7.11 Å². The van der Waals surface area contributed by atoms with Crippen LogP contribution in [0.2, 0.25) is 5.02 Å². The monoisotopic (exact) mass is 565 g/mol. The van der Waals surface area contributed by atoms with E-state index in [2.05, 4.69) is 31.5 Å². The van der Waals surface area contributed by atoms with Crippen LogP contribution in [0, 0.1) is 0 Å². The predicted octanol–water partition coefficient (Wildman–Crippen LogP) is 7.20. The topological polar surface area (TPSA) is 76.4 Å². The van der Waals surface area contributed by atoms with E-state index in [-0.39, 0.29) is 5.11 Å². The van der Waals surface area contributed by atoms with Gasteiger partial charge in [0.05, 0.1) is 27.9 Å². The Balaban J connectivity index is 1.39. The van der Waals surface area contributed by atoms with Crippen molar-refractivity contribution in [2.45, 2.75) is 0 Å². The number of methoxy groups -OCH3 is 1. The number of amides is 1. The van der Waals surface area contributed by atoms with Crippen LogP contribution in [0.5, 0.6) is 5.75 Å². The Morgan fingerprint density at radius 3 is 2.66 bits per heavy atom. The second kappa shape index (κ2) is 9.65. The zero-order valence-corrected chi connectivity index (χ0v) is 21.4. The van der Waals surface area contributed by atoms with Crippen molar-refractivity contribution in [1.82, 2.24) is 10.3 Å². The lowest BCUT2D eigenvalue weighted by Gasteiger charge is -2.15. The van der Waals surface area contributed by atoms with Crippen LogP contribution >= 0.6 is 39.7 Å². The molecule has 0 aliphatic heterocycles. The molecule has 0 aliphatic carbocycles. The van der Waals surface area contributed by atoms with E-state index in [9.17, 15) is 4.79 Å². The van der Waals surface area contributed by atoms with Gasteiger partial charge in [0.15, 0.2) is 10.7 Å². The number of thiocarbonyl (C=S) groups is 1. The molecule has 5 rings (SSSR count). The first-order valence-corrected chi connectivity index (χ1v) is 12.1. The Morgan fingerprint density at radius 2 is 1.86 bits per heavy atom. The van der Waals surface area contributed by atoms with Crippen molar-refractivity contribution < 1.29 is 13.9 Å². The molecule has 0 unspecified atom stereocenters. The molecule has 0 spiro atoms. The number of fused-ring (bicyclic) bond motifs is 2. The summed E-state index contributed by atoms with van der Waals surface area (Å²) in [4.78, 5) is 17.6. The fourth-order valence-corrected chi connectivity index (χ4v) is 4.83. The first-order valence-electron chi connectivity index (χ1n) is 10.5. The highest BCUT2D eigenvalue weighted by atomic mass is 79.9. The highest BCUT2D eigenvalue weighted by Crippen LogP contribution is 2.36. The molecule has 0 saturated carbocycles. The summed E-state index contributed by atoms with van der Waals surface area (Å²) in [6.07, 6.45) is 0. The van der Waals surface area contributed by atoms with Gasteiger partial charge in [0.1, 0.15) is 11.3 Å². The molecule has 0 atom stereocenters. The third-order valence-electron chi connectivity index (χ3n) is 5.37. The summed E-state index contributed by atoms with van der Waals surface area (Å²) in [5, 5.41) is 8.02. The standard InChI is InChI=1S/C26H17BrClN3O3S/c1-33-23-17(12-14-6-2-3-7-16(14)22(23)27)24(32)31-26(35)30-20-13-15(10-11-18(20)28)25-29-19-8-4-5-9-21(19)34-25/h2-13H,1H3,(H2,30,31,32,35). The molecule has 0 radical (unpaired) electrons. The number of anilines is 1. The fourth-order valence-electron chi connectivity index (χ4n) is 3.73. The normalized spacial score (nSPS) is 10.9. The number of hydrogen-bond acceptors (Lipinski definition) is 5. The molecule has 35 heavy (non-hydrogen) atoms. The van der Waals surface area contributed by atoms with Crippen molar-refractivity contribution in [3.05, 3.63) is 87.9 Å². The Hall–Kier alpha value is -3.46. The second-order valence-electron chi connectivity index (χ2n) is 7.58.